The van der Waals surface area contributed by atoms with Gasteiger partial charge in [0.05, 0.1) is 24.4 Å². The Morgan fingerprint density at radius 3 is 2.14 bits per heavy atom. The highest BCUT2D eigenvalue weighted by Crippen LogP contribution is 2.33. The van der Waals surface area contributed by atoms with E-state index >= 15 is 0 Å². The Kier molecular flexibility index (Phi) is 5.60. The van der Waals surface area contributed by atoms with Crippen LogP contribution in [-0.2, 0) is 20.0 Å². The molecule has 0 amide bonds. The predicted molar refractivity (Wildman–Crippen MR) is 112 cm³/mol. The molecular weight excluding hydrogens is 438 g/mol. The minimum absolute atomic E-state index is 0.0670. The van der Waals surface area contributed by atoms with Gasteiger partial charge in [-0.2, -0.15) is 9.61 Å². The van der Waals surface area contributed by atoms with E-state index in [2.05, 4.69) is 10.1 Å². The van der Waals surface area contributed by atoms with Crippen molar-refractivity contribution in [3.05, 3.63) is 53.3 Å². The van der Waals surface area contributed by atoms with Crippen molar-refractivity contribution in [3.8, 4) is 0 Å². The number of aromatic nitrogens is 3. The molecule has 3 aromatic rings. The summed E-state index contributed by atoms with van der Waals surface area (Å²) < 4.78 is 51.8. The second-order valence-corrected chi connectivity index (χ2v) is 11.0. The summed E-state index contributed by atoms with van der Waals surface area (Å²) in [4.78, 5) is 4.30. The number of nitrogens with zero attached hydrogens (tertiary/aromatic N) is 5. The molecule has 0 unspecified atom stereocenters. The van der Waals surface area contributed by atoms with E-state index in [-0.39, 0.29) is 22.6 Å². The summed E-state index contributed by atoms with van der Waals surface area (Å²) in [6.07, 6.45) is 3.22. The fraction of sp³-hybridized carbons (Fsp3) is 0.294. The van der Waals surface area contributed by atoms with E-state index in [1.807, 2.05) is 13.8 Å². The molecule has 0 bridgehead atoms. The number of rotatable bonds is 6. The Morgan fingerprint density at radius 1 is 1.03 bits per heavy atom. The van der Waals surface area contributed by atoms with Crippen LogP contribution in [0, 0.1) is 0 Å². The van der Waals surface area contributed by atoms with Gasteiger partial charge in [0, 0.05) is 15.4 Å². The number of fused-ring (bicyclic) bond motifs is 1. The van der Waals surface area contributed by atoms with Crippen LogP contribution in [0.25, 0.3) is 5.65 Å². The van der Waals surface area contributed by atoms with Crippen LogP contribution in [0.5, 0.6) is 0 Å². The van der Waals surface area contributed by atoms with Crippen LogP contribution in [0.1, 0.15) is 25.3 Å². The summed E-state index contributed by atoms with van der Waals surface area (Å²) >= 11 is 6.23. The average molecular weight is 458 g/mol. The van der Waals surface area contributed by atoms with Gasteiger partial charge >= 0.3 is 0 Å². The zero-order valence-electron chi connectivity index (χ0n) is 16.2. The van der Waals surface area contributed by atoms with E-state index in [0.717, 1.165) is 23.1 Å². The van der Waals surface area contributed by atoms with Crippen LogP contribution in [0.15, 0.2) is 42.6 Å². The van der Waals surface area contributed by atoms with Crippen molar-refractivity contribution in [1.29, 1.82) is 0 Å². The van der Waals surface area contributed by atoms with Gasteiger partial charge in [0.2, 0.25) is 20.0 Å². The van der Waals surface area contributed by atoms with Crippen LogP contribution < -0.4 is 5.01 Å². The maximum Gasteiger partial charge on any atom is 0.242 e. The van der Waals surface area contributed by atoms with Crippen molar-refractivity contribution in [1.82, 2.24) is 18.4 Å². The lowest BCUT2D eigenvalue weighted by Gasteiger charge is -2.32. The molecule has 0 radical (unpaired) electrons. The van der Waals surface area contributed by atoms with E-state index in [0.29, 0.717) is 9.47 Å². The quantitative estimate of drug-likeness (QED) is 0.414. The Labute approximate surface area is 174 Å². The molecule has 0 saturated heterocycles. The molecule has 29 heavy (non-hydrogen) atoms. The van der Waals surface area contributed by atoms with Crippen molar-refractivity contribution in [2.24, 2.45) is 0 Å². The molecule has 12 heteroatoms. The first kappa shape index (κ1) is 21.5. The van der Waals surface area contributed by atoms with Crippen molar-refractivity contribution in [2.45, 2.75) is 19.8 Å². The summed E-state index contributed by atoms with van der Waals surface area (Å²) in [6, 6.07) is 9.57. The van der Waals surface area contributed by atoms with Crippen molar-refractivity contribution in [2.75, 3.05) is 17.5 Å². The van der Waals surface area contributed by atoms with Gasteiger partial charge < -0.3 is 0 Å². The number of hydrogen-bond acceptors (Lipinski definition) is 7. The van der Waals surface area contributed by atoms with Crippen molar-refractivity contribution < 1.29 is 16.8 Å². The molecule has 3 rings (SSSR count). The maximum atomic E-state index is 12.5. The summed E-state index contributed by atoms with van der Waals surface area (Å²) in [5, 5.41) is 5.42. The van der Waals surface area contributed by atoms with E-state index in [9.17, 15) is 16.8 Å². The van der Waals surface area contributed by atoms with Crippen LogP contribution in [-0.4, -0.2) is 47.8 Å². The molecule has 156 valence electrons. The Balaban J connectivity index is 2.43. The molecule has 0 aliphatic heterocycles. The molecule has 1 aromatic carbocycles. The molecule has 0 saturated carbocycles. The van der Waals surface area contributed by atoms with Gasteiger partial charge in [0.15, 0.2) is 11.5 Å². The lowest BCUT2D eigenvalue weighted by molar-refractivity contribution is 0.505. The normalized spacial score (nSPS) is 12.8. The Bertz CT molecular complexity index is 1230. The maximum absolute atomic E-state index is 12.5. The fourth-order valence-corrected chi connectivity index (χ4v) is 6.01. The number of hydrazine groups is 1. The first-order valence-electron chi connectivity index (χ1n) is 8.51. The second-order valence-electron chi connectivity index (χ2n) is 6.78. The van der Waals surface area contributed by atoms with E-state index in [4.69, 9.17) is 11.6 Å². The Morgan fingerprint density at radius 2 is 1.62 bits per heavy atom. The molecule has 0 atom stereocenters. The molecule has 0 spiro atoms. The zero-order valence-corrected chi connectivity index (χ0v) is 18.6. The van der Waals surface area contributed by atoms with E-state index in [1.165, 1.54) is 10.6 Å². The smallest absolute Gasteiger partial charge is 0.229 e. The van der Waals surface area contributed by atoms with Gasteiger partial charge in [-0.3, -0.25) is 0 Å². The Hall–Kier alpha value is -2.21. The lowest BCUT2D eigenvalue weighted by Crippen LogP contribution is -2.47. The first-order chi connectivity index (χ1) is 13.4. The standard InChI is InChI=1S/C17H20ClN5O4S2/c1-12(2)14-11-19-21-16(10-15(18)20-17(14)21)22(13-8-6-5-7-9-13)23(28(3,24)25)29(4,26)27/h5-12H,1-4H3. The number of sulfonamides is 2. The number of anilines is 2. The highest BCUT2D eigenvalue weighted by Gasteiger charge is 2.37. The third kappa shape index (κ3) is 4.22. The van der Waals surface area contributed by atoms with Crippen molar-refractivity contribution in [3.63, 3.8) is 0 Å². The molecule has 0 aliphatic rings. The summed E-state index contributed by atoms with van der Waals surface area (Å²) in [6.45, 7) is 3.90. The van der Waals surface area contributed by atoms with Gasteiger partial charge in [-0.25, -0.2) is 26.8 Å². The highest BCUT2D eigenvalue weighted by atomic mass is 35.5. The lowest BCUT2D eigenvalue weighted by atomic mass is 10.1. The molecule has 9 nitrogen and oxygen atoms in total. The number of para-hydroxylation sites is 1. The number of hydrogen-bond donors (Lipinski definition) is 0. The van der Waals surface area contributed by atoms with Gasteiger partial charge in [-0.05, 0) is 18.1 Å². The summed E-state index contributed by atoms with van der Waals surface area (Å²) in [5.74, 6) is 0.173. The number of halogens is 1. The van der Waals surface area contributed by atoms with Gasteiger partial charge in [0.25, 0.3) is 0 Å². The average Bonchev–Trinajstić information content (AvgIpc) is 3.01. The third-order valence-corrected chi connectivity index (χ3v) is 7.30. The van der Waals surface area contributed by atoms with Crippen molar-refractivity contribution >= 4 is 48.8 Å². The molecule has 2 aromatic heterocycles. The third-order valence-electron chi connectivity index (χ3n) is 4.02. The molecule has 2 heterocycles. The molecular formula is C17H20ClN5O4S2. The van der Waals surface area contributed by atoms with Gasteiger partial charge in [0.1, 0.15) is 5.15 Å². The largest absolute Gasteiger partial charge is 0.242 e. The number of benzene rings is 1. The summed E-state index contributed by atoms with van der Waals surface area (Å²) in [5.41, 5.74) is 1.48. The monoisotopic (exact) mass is 457 g/mol. The topological polar surface area (TPSA) is 105 Å². The minimum Gasteiger partial charge on any atom is -0.229 e. The van der Waals surface area contributed by atoms with Crippen LogP contribution in [0.4, 0.5) is 11.5 Å². The van der Waals surface area contributed by atoms with Crippen LogP contribution >= 0.6 is 11.6 Å². The van der Waals surface area contributed by atoms with Crippen LogP contribution in [0.3, 0.4) is 0 Å². The molecule has 0 aliphatic carbocycles. The highest BCUT2D eigenvalue weighted by molar-refractivity contribution is 8.03. The molecule has 0 fully saturated rings. The zero-order chi connectivity index (χ0) is 21.6. The SMILES string of the molecule is CC(C)c1cnn2c(N(c3ccccc3)N(S(C)(=O)=O)S(C)(=O)=O)cc(Cl)nc12. The first-order valence-corrected chi connectivity index (χ1v) is 12.6. The second kappa shape index (κ2) is 7.56. The van der Waals surface area contributed by atoms with E-state index < -0.39 is 20.0 Å². The fourth-order valence-electron chi connectivity index (χ4n) is 2.92. The molecule has 0 N–H and O–H groups in total. The predicted octanol–water partition coefficient (Wildman–Crippen LogP) is 2.78. The van der Waals surface area contributed by atoms with Crippen LogP contribution in [0.2, 0.25) is 5.15 Å². The van der Waals surface area contributed by atoms with Gasteiger partial charge in [-0.1, -0.05) is 43.6 Å². The van der Waals surface area contributed by atoms with E-state index in [1.54, 1.807) is 36.5 Å². The summed E-state index contributed by atoms with van der Waals surface area (Å²) in [7, 11) is -8.48. The minimum atomic E-state index is -4.24. The van der Waals surface area contributed by atoms with Gasteiger partial charge in [-0.15, -0.1) is 0 Å².